The van der Waals surface area contributed by atoms with Crippen LogP contribution in [-0.4, -0.2) is 24.0 Å². The lowest BCUT2D eigenvalue weighted by Crippen LogP contribution is -2.71. The van der Waals surface area contributed by atoms with E-state index in [0.717, 1.165) is 19.5 Å². The summed E-state index contributed by atoms with van der Waals surface area (Å²) in [5.74, 6) is 1.25. The van der Waals surface area contributed by atoms with Crippen LogP contribution >= 0.6 is 0 Å². The average Bonchev–Trinajstić information content (AvgIpc) is 2.91. The molecule has 0 amide bonds. The zero-order chi connectivity index (χ0) is 14.4. The molecule has 0 radical (unpaired) electrons. The Morgan fingerprint density at radius 3 is 2.55 bits per heavy atom. The van der Waals surface area contributed by atoms with Crippen LogP contribution in [0.4, 0.5) is 0 Å². The molecule has 0 aliphatic carbocycles. The van der Waals surface area contributed by atoms with Crippen molar-refractivity contribution in [3.63, 3.8) is 0 Å². The molecule has 104 valence electrons. The third-order valence-electron chi connectivity index (χ3n) is 3.05. The quantitative estimate of drug-likeness (QED) is 0.605. The SMILES string of the molecule is O=[N+]([O-])[O-].c1ccc2c(CC3=[NH+]CCN3)cccc2c1. The fourth-order valence-electron chi connectivity index (χ4n) is 2.25. The lowest BCUT2D eigenvalue weighted by molar-refractivity contribution is -0.445. The Labute approximate surface area is 115 Å². The molecule has 6 nitrogen and oxygen atoms in total. The van der Waals surface area contributed by atoms with E-state index < -0.39 is 5.09 Å². The van der Waals surface area contributed by atoms with Crippen molar-refractivity contribution in [1.29, 1.82) is 0 Å². The summed E-state index contributed by atoms with van der Waals surface area (Å²) in [4.78, 5) is 11.6. The Bertz CT molecular complexity index is 631. The van der Waals surface area contributed by atoms with Gasteiger partial charge in [-0.3, -0.25) is 10.3 Å². The molecule has 2 N–H and O–H groups in total. The van der Waals surface area contributed by atoms with Crippen molar-refractivity contribution in [2.75, 3.05) is 13.1 Å². The molecule has 0 bridgehead atoms. The zero-order valence-corrected chi connectivity index (χ0v) is 10.8. The van der Waals surface area contributed by atoms with Crippen LogP contribution in [0.2, 0.25) is 0 Å². The molecule has 0 saturated carbocycles. The summed E-state index contributed by atoms with van der Waals surface area (Å²) in [5, 5.41) is 20.8. The highest BCUT2D eigenvalue weighted by Crippen LogP contribution is 2.18. The Kier molecular flexibility index (Phi) is 4.49. The Morgan fingerprint density at radius 2 is 1.85 bits per heavy atom. The Morgan fingerprint density at radius 1 is 1.15 bits per heavy atom. The summed E-state index contributed by atoms with van der Waals surface area (Å²) in [6, 6.07) is 15.1. The van der Waals surface area contributed by atoms with Crippen LogP contribution in [0.15, 0.2) is 42.5 Å². The third-order valence-corrected chi connectivity index (χ3v) is 3.05. The van der Waals surface area contributed by atoms with Gasteiger partial charge in [0.2, 0.25) is 5.84 Å². The molecule has 0 atom stereocenters. The van der Waals surface area contributed by atoms with Crippen LogP contribution < -0.4 is 10.3 Å². The van der Waals surface area contributed by atoms with Gasteiger partial charge in [-0.15, -0.1) is 0 Å². The summed E-state index contributed by atoms with van der Waals surface area (Å²) < 4.78 is 0. The molecule has 3 rings (SSSR count). The predicted molar refractivity (Wildman–Crippen MR) is 76.9 cm³/mol. The lowest BCUT2D eigenvalue weighted by atomic mass is 10.0. The highest BCUT2D eigenvalue weighted by atomic mass is 16.9. The molecule has 0 fully saturated rings. The average molecular weight is 273 g/mol. The second-order valence-electron chi connectivity index (χ2n) is 4.37. The van der Waals surface area contributed by atoms with Crippen LogP contribution in [0.25, 0.3) is 10.8 Å². The molecule has 0 spiro atoms. The summed E-state index contributed by atoms with van der Waals surface area (Å²) in [5.41, 5.74) is 1.38. The van der Waals surface area contributed by atoms with Gasteiger partial charge in [-0.05, 0) is 16.3 Å². The normalized spacial score (nSPS) is 13.1. The lowest BCUT2D eigenvalue weighted by Gasteiger charge is -2.04. The van der Waals surface area contributed by atoms with Crippen LogP contribution in [0, 0.1) is 15.3 Å². The van der Waals surface area contributed by atoms with E-state index in [0.29, 0.717) is 0 Å². The minimum absolute atomic E-state index is 0.974. The van der Waals surface area contributed by atoms with Gasteiger partial charge in [-0.25, -0.2) is 0 Å². The van der Waals surface area contributed by atoms with Crippen LogP contribution in [-0.2, 0) is 6.42 Å². The second kappa shape index (κ2) is 6.51. The molecule has 0 unspecified atom stereocenters. The Balaban J connectivity index is 0.000000328. The van der Waals surface area contributed by atoms with E-state index in [9.17, 15) is 0 Å². The number of hydrogen-bond donors (Lipinski definition) is 2. The van der Waals surface area contributed by atoms with Gasteiger partial charge in [-0.1, -0.05) is 42.5 Å². The number of amidine groups is 1. The summed E-state index contributed by atoms with van der Waals surface area (Å²) >= 11 is 0. The van der Waals surface area contributed by atoms with Crippen molar-refractivity contribution in [2.24, 2.45) is 0 Å². The van der Waals surface area contributed by atoms with Gasteiger partial charge in [0.25, 0.3) is 0 Å². The van der Waals surface area contributed by atoms with Gasteiger partial charge in [0.05, 0.1) is 11.5 Å². The molecule has 2 aromatic carbocycles. The van der Waals surface area contributed by atoms with Crippen molar-refractivity contribution in [3.05, 3.63) is 63.3 Å². The smallest absolute Gasteiger partial charge is 0.247 e. The van der Waals surface area contributed by atoms with Gasteiger partial charge in [0, 0.05) is 0 Å². The molecule has 6 heteroatoms. The first-order valence-corrected chi connectivity index (χ1v) is 6.28. The molecule has 20 heavy (non-hydrogen) atoms. The van der Waals surface area contributed by atoms with E-state index in [-0.39, 0.29) is 0 Å². The largest absolute Gasteiger partial charge is 0.356 e. The second-order valence-corrected chi connectivity index (χ2v) is 4.37. The van der Waals surface area contributed by atoms with Gasteiger partial charge < -0.3 is 15.3 Å². The molecular formula is C14H15N3O3. The van der Waals surface area contributed by atoms with Crippen molar-refractivity contribution >= 4 is 16.6 Å². The number of hydrogen-bond acceptors (Lipinski definition) is 4. The highest BCUT2D eigenvalue weighted by molar-refractivity contribution is 5.90. The maximum Gasteiger partial charge on any atom is 0.247 e. The number of benzene rings is 2. The highest BCUT2D eigenvalue weighted by Gasteiger charge is 2.13. The molecule has 0 aromatic heterocycles. The van der Waals surface area contributed by atoms with Gasteiger partial charge >= 0.3 is 0 Å². The maximum absolute atomic E-state index is 8.25. The van der Waals surface area contributed by atoms with Crippen molar-refractivity contribution in [3.8, 4) is 0 Å². The van der Waals surface area contributed by atoms with Crippen molar-refractivity contribution < 1.29 is 10.1 Å². The van der Waals surface area contributed by atoms with Gasteiger partial charge in [0.15, 0.2) is 0 Å². The Hall–Kier alpha value is -2.63. The first-order chi connectivity index (χ1) is 9.66. The van der Waals surface area contributed by atoms with Crippen LogP contribution in [0.1, 0.15) is 5.56 Å². The summed E-state index contributed by atoms with van der Waals surface area (Å²) in [6.45, 7) is 2.08. The number of nitrogens with zero attached hydrogens (tertiary/aromatic N) is 1. The zero-order valence-electron chi connectivity index (χ0n) is 10.8. The van der Waals surface area contributed by atoms with E-state index in [4.69, 9.17) is 15.3 Å². The maximum atomic E-state index is 8.25. The van der Waals surface area contributed by atoms with E-state index in [1.165, 1.54) is 22.2 Å². The van der Waals surface area contributed by atoms with E-state index >= 15 is 0 Å². The minimum Gasteiger partial charge on any atom is -0.356 e. The fourth-order valence-corrected chi connectivity index (χ4v) is 2.25. The molecule has 2 aromatic rings. The van der Waals surface area contributed by atoms with Crippen LogP contribution in [0.5, 0.6) is 0 Å². The van der Waals surface area contributed by atoms with E-state index in [1.54, 1.807) is 0 Å². The standard InChI is InChI=1S/C14H14N2.NO3/c1-2-7-13-11(4-1)5-3-6-12(13)10-14-15-8-9-16-14;2-1(3)4/h1-7H,8-10H2,(H,15,16);/q;-1/p+1. The van der Waals surface area contributed by atoms with Crippen LogP contribution in [0.3, 0.4) is 0 Å². The summed E-state index contributed by atoms with van der Waals surface area (Å²) in [6.07, 6.45) is 0.974. The van der Waals surface area contributed by atoms with E-state index in [2.05, 4.69) is 52.8 Å². The number of nitrogens with one attached hydrogen (secondary N) is 2. The molecule has 1 aliphatic heterocycles. The molecule has 1 aliphatic rings. The van der Waals surface area contributed by atoms with E-state index in [1.807, 2.05) is 0 Å². The fraction of sp³-hybridized carbons (Fsp3) is 0.214. The topological polar surface area (TPSA) is 92.2 Å². The molecular weight excluding hydrogens is 258 g/mol. The van der Waals surface area contributed by atoms with Gasteiger partial charge in [0.1, 0.15) is 13.1 Å². The van der Waals surface area contributed by atoms with Crippen molar-refractivity contribution in [1.82, 2.24) is 5.32 Å². The first-order valence-electron chi connectivity index (χ1n) is 6.28. The predicted octanol–water partition coefficient (Wildman–Crippen LogP) is 0.226. The molecule has 1 heterocycles. The third kappa shape index (κ3) is 3.68. The van der Waals surface area contributed by atoms with Crippen molar-refractivity contribution in [2.45, 2.75) is 6.42 Å². The number of rotatable bonds is 2. The summed E-state index contributed by atoms with van der Waals surface area (Å²) in [7, 11) is 0. The monoisotopic (exact) mass is 273 g/mol. The van der Waals surface area contributed by atoms with Gasteiger partial charge in [-0.2, -0.15) is 0 Å². The minimum atomic E-state index is -1.75. The number of fused-ring (bicyclic) bond motifs is 1. The molecule has 0 saturated heterocycles. The first kappa shape index (κ1) is 13.8.